The number of imidazole rings is 1. The third-order valence-corrected chi connectivity index (χ3v) is 4.98. The van der Waals surface area contributed by atoms with E-state index >= 15 is 0 Å². The minimum Gasteiger partial charge on any atom is -0.306 e. The number of fused-ring (bicyclic) bond motifs is 1. The Kier molecular flexibility index (Phi) is 5.38. The molecule has 5 rings (SSSR count). The Hall–Kier alpha value is -4.36. The van der Waals surface area contributed by atoms with Crippen LogP contribution in [-0.2, 0) is 4.84 Å². The quantitative estimate of drug-likeness (QED) is 0.475. The van der Waals surface area contributed by atoms with Crippen molar-refractivity contribution in [3.05, 3.63) is 89.6 Å². The first kappa shape index (κ1) is 20.5. The zero-order valence-electron chi connectivity index (χ0n) is 17.1. The molecule has 0 aliphatic carbocycles. The van der Waals surface area contributed by atoms with Gasteiger partial charge in [-0.25, -0.2) is 28.1 Å². The van der Waals surface area contributed by atoms with Gasteiger partial charge in [-0.3, -0.25) is 4.84 Å². The monoisotopic (exact) mass is 446 g/mol. The number of hydroxylamine groups is 2. The molecule has 1 N–H and O–H groups in total. The number of carbonyl (C=O) groups is 1. The van der Waals surface area contributed by atoms with Gasteiger partial charge in [0.05, 0.1) is 18.8 Å². The molecule has 2 amide bonds. The van der Waals surface area contributed by atoms with Crippen LogP contribution >= 0.6 is 0 Å². The van der Waals surface area contributed by atoms with Crippen molar-refractivity contribution < 1.29 is 18.4 Å². The molecule has 33 heavy (non-hydrogen) atoms. The molecule has 10 heteroatoms. The number of benzene rings is 1. The molecule has 1 aliphatic heterocycles. The standard InChI is InChI=1S/C23H16F2N6O2/c24-16-10-15(11-17(25)12-16)21-6-9-33-31(21)23(32)29-19-5-8-26-18(13-19)3-4-20-14-27-22-2-1-7-28-30(20)22/h1-2,5,7-8,10-14,21H,6,9H2,(H,26,29,32)/t21-/m0/s1. The molecule has 0 saturated carbocycles. The smallest absolute Gasteiger partial charge is 0.306 e. The number of hydrogen-bond acceptors (Lipinski definition) is 5. The number of carbonyl (C=O) groups excluding carboxylic acids is 1. The number of pyridine rings is 1. The first-order chi connectivity index (χ1) is 16.1. The summed E-state index contributed by atoms with van der Waals surface area (Å²) in [5.41, 5.74) is 2.45. The van der Waals surface area contributed by atoms with Gasteiger partial charge in [0.1, 0.15) is 23.0 Å². The van der Waals surface area contributed by atoms with Crippen LogP contribution in [0.2, 0.25) is 0 Å². The number of urea groups is 1. The maximum absolute atomic E-state index is 13.6. The topological polar surface area (TPSA) is 84.7 Å². The highest BCUT2D eigenvalue weighted by atomic mass is 19.1. The van der Waals surface area contributed by atoms with E-state index < -0.39 is 23.7 Å². The largest absolute Gasteiger partial charge is 0.346 e. The van der Waals surface area contributed by atoms with Gasteiger partial charge >= 0.3 is 6.03 Å². The maximum atomic E-state index is 13.6. The second-order valence-corrected chi connectivity index (χ2v) is 7.21. The predicted octanol–water partition coefficient (Wildman–Crippen LogP) is 3.71. The van der Waals surface area contributed by atoms with Gasteiger partial charge in [0.15, 0.2) is 5.65 Å². The fourth-order valence-corrected chi connectivity index (χ4v) is 3.54. The van der Waals surface area contributed by atoms with Gasteiger partial charge in [-0.2, -0.15) is 10.2 Å². The van der Waals surface area contributed by atoms with Crippen molar-refractivity contribution in [2.45, 2.75) is 12.5 Å². The lowest BCUT2D eigenvalue weighted by Crippen LogP contribution is -2.33. The van der Waals surface area contributed by atoms with Gasteiger partial charge in [-0.05, 0) is 53.8 Å². The lowest BCUT2D eigenvalue weighted by atomic mass is 10.0. The number of rotatable bonds is 2. The van der Waals surface area contributed by atoms with Gasteiger partial charge < -0.3 is 5.32 Å². The summed E-state index contributed by atoms with van der Waals surface area (Å²) in [6.07, 6.45) is 5.18. The molecule has 164 valence electrons. The second kappa shape index (κ2) is 8.64. The summed E-state index contributed by atoms with van der Waals surface area (Å²) in [4.78, 5) is 26.6. The number of nitrogens with zero attached hydrogens (tertiary/aromatic N) is 5. The summed E-state index contributed by atoms with van der Waals surface area (Å²) in [7, 11) is 0. The minimum atomic E-state index is -0.712. The fraction of sp³-hybridized carbons (Fsp3) is 0.130. The number of aromatic nitrogens is 4. The zero-order chi connectivity index (χ0) is 22.8. The summed E-state index contributed by atoms with van der Waals surface area (Å²) in [5.74, 6) is 4.47. The highest BCUT2D eigenvalue weighted by Crippen LogP contribution is 2.31. The summed E-state index contributed by atoms with van der Waals surface area (Å²) >= 11 is 0. The van der Waals surface area contributed by atoms with Crippen molar-refractivity contribution in [2.75, 3.05) is 11.9 Å². The Morgan fingerprint density at radius 3 is 2.79 bits per heavy atom. The average Bonchev–Trinajstić information content (AvgIpc) is 3.45. The Morgan fingerprint density at radius 2 is 1.94 bits per heavy atom. The number of halogens is 2. The van der Waals surface area contributed by atoms with Crippen molar-refractivity contribution in [1.82, 2.24) is 24.6 Å². The van der Waals surface area contributed by atoms with E-state index in [4.69, 9.17) is 4.84 Å². The van der Waals surface area contributed by atoms with Crippen LogP contribution in [0.25, 0.3) is 5.65 Å². The van der Waals surface area contributed by atoms with Crippen LogP contribution in [-0.4, -0.2) is 37.3 Å². The van der Waals surface area contributed by atoms with Crippen LogP contribution in [0.5, 0.6) is 0 Å². The van der Waals surface area contributed by atoms with E-state index in [9.17, 15) is 13.6 Å². The van der Waals surface area contributed by atoms with Gasteiger partial charge in [0.25, 0.3) is 0 Å². The summed E-state index contributed by atoms with van der Waals surface area (Å²) in [6.45, 7) is 0.247. The van der Waals surface area contributed by atoms with E-state index in [1.54, 1.807) is 35.1 Å². The summed E-state index contributed by atoms with van der Waals surface area (Å²) < 4.78 is 28.9. The van der Waals surface area contributed by atoms with E-state index in [2.05, 4.69) is 32.2 Å². The molecular weight excluding hydrogens is 430 g/mol. The molecule has 8 nitrogen and oxygen atoms in total. The summed E-state index contributed by atoms with van der Waals surface area (Å²) in [5, 5.41) is 8.01. The van der Waals surface area contributed by atoms with Crippen molar-refractivity contribution in [1.29, 1.82) is 0 Å². The highest BCUT2D eigenvalue weighted by molar-refractivity contribution is 5.89. The van der Waals surface area contributed by atoms with Crippen LogP contribution in [0.15, 0.2) is 61.1 Å². The molecular formula is C23H16F2N6O2. The fourth-order valence-electron chi connectivity index (χ4n) is 3.54. The molecule has 1 atom stereocenters. The SMILES string of the molecule is O=C(Nc1ccnc(C#Cc2cnc3cccnn23)c1)N1OCC[C@H]1c1cc(F)cc(F)c1. The van der Waals surface area contributed by atoms with Crippen molar-refractivity contribution in [3.63, 3.8) is 0 Å². The van der Waals surface area contributed by atoms with Gasteiger partial charge in [-0.15, -0.1) is 0 Å². The molecule has 1 aromatic carbocycles. The normalized spacial score (nSPS) is 15.3. The molecule has 0 bridgehead atoms. The van der Waals surface area contributed by atoms with Gasteiger partial charge in [0.2, 0.25) is 0 Å². The minimum absolute atomic E-state index is 0.247. The molecule has 0 spiro atoms. The molecule has 4 aromatic rings. The Balaban J connectivity index is 1.33. The molecule has 1 aliphatic rings. The number of anilines is 1. The van der Waals surface area contributed by atoms with Crippen LogP contribution in [0.3, 0.4) is 0 Å². The molecule has 3 aromatic heterocycles. The third kappa shape index (κ3) is 4.35. The lowest BCUT2D eigenvalue weighted by Gasteiger charge is -2.23. The first-order valence-electron chi connectivity index (χ1n) is 10.0. The Labute approximate surface area is 186 Å². The van der Waals surface area contributed by atoms with Gasteiger partial charge in [0, 0.05) is 30.6 Å². The van der Waals surface area contributed by atoms with Crippen LogP contribution < -0.4 is 5.32 Å². The number of nitrogens with one attached hydrogen (secondary N) is 1. The molecule has 0 radical (unpaired) electrons. The van der Waals surface area contributed by atoms with E-state index in [1.165, 1.54) is 18.3 Å². The number of hydrogen-bond donors (Lipinski definition) is 1. The van der Waals surface area contributed by atoms with Crippen molar-refractivity contribution in [2.24, 2.45) is 0 Å². The average molecular weight is 446 g/mol. The second-order valence-electron chi connectivity index (χ2n) is 7.21. The Bertz CT molecular complexity index is 1390. The maximum Gasteiger partial charge on any atom is 0.346 e. The summed E-state index contributed by atoms with van der Waals surface area (Å²) in [6, 6.07) is 8.80. The van der Waals surface area contributed by atoms with Crippen molar-refractivity contribution >= 4 is 17.4 Å². The van der Waals surface area contributed by atoms with E-state index in [0.717, 1.165) is 11.1 Å². The molecule has 1 fully saturated rings. The predicted molar refractivity (Wildman–Crippen MR) is 114 cm³/mol. The Morgan fingerprint density at radius 1 is 1.09 bits per heavy atom. The third-order valence-electron chi connectivity index (χ3n) is 4.98. The van der Waals surface area contributed by atoms with E-state index in [-0.39, 0.29) is 6.61 Å². The zero-order valence-corrected chi connectivity index (χ0v) is 17.1. The molecule has 4 heterocycles. The number of amides is 2. The van der Waals surface area contributed by atoms with Crippen LogP contribution in [0.1, 0.15) is 29.4 Å². The van der Waals surface area contributed by atoms with Gasteiger partial charge in [-0.1, -0.05) is 0 Å². The van der Waals surface area contributed by atoms with Crippen molar-refractivity contribution in [3.8, 4) is 11.8 Å². The lowest BCUT2D eigenvalue weighted by molar-refractivity contribution is -0.0830. The van der Waals surface area contributed by atoms with Crippen LogP contribution in [0.4, 0.5) is 19.3 Å². The van der Waals surface area contributed by atoms with E-state index in [0.29, 0.717) is 34.7 Å². The molecule has 0 unspecified atom stereocenters. The van der Waals surface area contributed by atoms with E-state index in [1.807, 2.05) is 6.07 Å². The highest BCUT2D eigenvalue weighted by Gasteiger charge is 2.32. The molecule has 1 saturated heterocycles. The first-order valence-corrected chi connectivity index (χ1v) is 10.0. The van der Waals surface area contributed by atoms with Crippen LogP contribution in [0, 0.1) is 23.5 Å².